The number of ether oxygens (including phenoxy) is 6. The fraction of sp³-hybridized carbons (Fsp3) is 0.300. The Labute approximate surface area is 168 Å². The first-order valence-corrected chi connectivity index (χ1v) is 8.40. The van der Waals surface area contributed by atoms with Gasteiger partial charge in [0.05, 0.1) is 59.5 Å². The number of carbonyl (C=O) groups is 2. The molecule has 0 aliphatic carbocycles. The molecule has 0 spiro atoms. The third-order valence-corrected chi connectivity index (χ3v) is 4.13. The average Bonchev–Trinajstić information content (AvgIpc) is 2.76. The summed E-state index contributed by atoms with van der Waals surface area (Å²) in [6.07, 6.45) is 0. The van der Waals surface area contributed by atoms with Crippen LogP contribution in [0.15, 0.2) is 24.3 Å². The van der Waals surface area contributed by atoms with Gasteiger partial charge < -0.3 is 33.7 Å². The van der Waals surface area contributed by atoms with Gasteiger partial charge in [-0.2, -0.15) is 0 Å². The Bertz CT molecular complexity index is 910. The molecule has 156 valence electrons. The lowest BCUT2D eigenvalue weighted by atomic mass is 10.1. The van der Waals surface area contributed by atoms with Gasteiger partial charge in [0.2, 0.25) is 5.75 Å². The predicted molar refractivity (Wildman–Crippen MR) is 105 cm³/mol. The molecule has 0 aromatic heterocycles. The van der Waals surface area contributed by atoms with Gasteiger partial charge in [0.1, 0.15) is 0 Å². The van der Waals surface area contributed by atoms with Crippen molar-refractivity contribution in [3.8, 4) is 28.7 Å². The SMILES string of the molecule is COC(=O)c1cc(OC)c(OC)cc1NC(=O)c1ccc(OC)c(OC)c1OC. The molecule has 0 radical (unpaired) electrons. The van der Waals surface area contributed by atoms with Crippen molar-refractivity contribution >= 4 is 17.6 Å². The molecule has 0 unspecified atom stereocenters. The van der Waals surface area contributed by atoms with Crippen molar-refractivity contribution in [1.29, 1.82) is 0 Å². The summed E-state index contributed by atoms with van der Waals surface area (Å²) in [4.78, 5) is 25.2. The third-order valence-electron chi connectivity index (χ3n) is 4.13. The van der Waals surface area contributed by atoms with E-state index in [1.165, 1.54) is 60.9 Å². The fourth-order valence-electron chi connectivity index (χ4n) is 2.73. The first kappa shape index (κ1) is 21.7. The summed E-state index contributed by atoms with van der Waals surface area (Å²) in [5.74, 6) is 0.305. The molecular formula is C20H23NO8. The molecular weight excluding hydrogens is 382 g/mol. The van der Waals surface area contributed by atoms with Crippen LogP contribution in [0, 0.1) is 0 Å². The van der Waals surface area contributed by atoms with Crippen molar-refractivity contribution in [2.75, 3.05) is 48.0 Å². The number of hydrogen-bond acceptors (Lipinski definition) is 8. The normalized spacial score (nSPS) is 10.0. The molecule has 0 bridgehead atoms. The van der Waals surface area contributed by atoms with E-state index in [9.17, 15) is 9.59 Å². The Morgan fingerprint density at radius 3 is 1.79 bits per heavy atom. The summed E-state index contributed by atoms with van der Waals surface area (Å²) in [6.45, 7) is 0. The molecule has 0 atom stereocenters. The number of amides is 1. The zero-order valence-corrected chi connectivity index (χ0v) is 17.1. The third kappa shape index (κ3) is 4.29. The molecule has 2 rings (SSSR count). The maximum atomic E-state index is 13.0. The molecule has 2 aromatic rings. The Morgan fingerprint density at radius 2 is 1.28 bits per heavy atom. The van der Waals surface area contributed by atoms with E-state index in [0.717, 1.165) is 0 Å². The number of esters is 1. The highest BCUT2D eigenvalue weighted by Crippen LogP contribution is 2.40. The predicted octanol–water partition coefficient (Wildman–Crippen LogP) is 2.77. The van der Waals surface area contributed by atoms with Crippen LogP contribution in [0.1, 0.15) is 20.7 Å². The summed E-state index contributed by atoms with van der Waals surface area (Å²) >= 11 is 0. The Kier molecular flexibility index (Phi) is 7.13. The van der Waals surface area contributed by atoms with E-state index < -0.39 is 11.9 Å². The molecule has 9 nitrogen and oxygen atoms in total. The zero-order chi connectivity index (χ0) is 21.6. The highest BCUT2D eigenvalue weighted by Gasteiger charge is 2.24. The van der Waals surface area contributed by atoms with E-state index in [2.05, 4.69) is 5.32 Å². The van der Waals surface area contributed by atoms with Crippen LogP contribution in [0.25, 0.3) is 0 Å². The van der Waals surface area contributed by atoms with Gasteiger partial charge in [0, 0.05) is 12.1 Å². The standard InChI is InChI=1S/C20H23NO8/c1-24-14-8-7-11(17(27-4)18(14)28-5)19(22)21-13-10-16(26-3)15(25-2)9-12(13)20(23)29-6/h7-10H,1-6H3,(H,21,22). The summed E-state index contributed by atoms with van der Waals surface area (Å²) in [6, 6.07) is 5.99. The number of rotatable bonds is 8. The van der Waals surface area contributed by atoms with Crippen molar-refractivity contribution < 1.29 is 38.0 Å². The van der Waals surface area contributed by atoms with E-state index >= 15 is 0 Å². The molecule has 0 saturated heterocycles. The molecule has 1 amide bonds. The average molecular weight is 405 g/mol. The minimum Gasteiger partial charge on any atom is -0.493 e. The van der Waals surface area contributed by atoms with Gasteiger partial charge in [-0.25, -0.2) is 4.79 Å². The van der Waals surface area contributed by atoms with Gasteiger partial charge in [-0.1, -0.05) is 0 Å². The molecule has 0 saturated carbocycles. The van der Waals surface area contributed by atoms with E-state index in [4.69, 9.17) is 28.4 Å². The topological polar surface area (TPSA) is 102 Å². The van der Waals surface area contributed by atoms with E-state index in [0.29, 0.717) is 17.2 Å². The summed E-state index contributed by atoms with van der Waals surface area (Å²) in [5.41, 5.74) is 0.449. The molecule has 9 heteroatoms. The van der Waals surface area contributed by atoms with Crippen LogP contribution in [0.4, 0.5) is 5.69 Å². The van der Waals surface area contributed by atoms with E-state index in [-0.39, 0.29) is 28.3 Å². The number of nitrogens with one attached hydrogen (secondary N) is 1. The highest BCUT2D eigenvalue weighted by atomic mass is 16.5. The van der Waals surface area contributed by atoms with Gasteiger partial charge >= 0.3 is 5.97 Å². The maximum absolute atomic E-state index is 13.0. The van der Waals surface area contributed by atoms with Crippen molar-refractivity contribution in [2.24, 2.45) is 0 Å². The molecule has 0 fully saturated rings. The summed E-state index contributed by atoms with van der Waals surface area (Å²) in [7, 11) is 8.44. The van der Waals surface area contributed by atoms with Gasteiger partial charge in [0.25, 0.3) is 5.91 Å². The number of carbonyl (C=O) groups excluding carboxylic acids is 2. The smallest absolute Gasteiger partial charge is 0.340 e. The number of methoxy groups -OCH3 is 6. The van der Waals surface area contributed by atoms with Crippen molar-refractivity contribution in [3.05, 3.63) is 35.4 Å². The highest BCUT2D eigenvalue weighted by molar-refractivity contribution is 6.10. The van der Waals surface area contributed by atoms with Gasteiger partial charge in [-0.3, -0.25) is 4.79 Å². The molecule has 0 aliphatic rings. The van der Waals surface area contributed by atoms with E-state index in [1.807, 2.05) is 0 Å². The van der Waals surface area contributed by atoms with Crippen molar-refractivity contribution in [3.63, 3.8) is 0 Å². The summed E-state index contributed by atoms with van der Waals surface area (Å²) < 4.78 is 31.1. The molecule has 29 heavy (non-hydrogen) atoms. The zero-order valence-electron chi connectivity index (χ0n) is 17.1. The molecule has 0 heterocycles. The Balaban J connectivity index is 2.54. The van der Waals surface area contributed by atoms with Crippen LogP contribution in [-0.2, 0) is 4.74 Å². The van der Waals surface area contributed by atoms with Gasteiger partial charge in [-0.15, -0.1) is 0 Å². The number of benzene rings is 2. The molecule has 1 N–H and O–H groups in total. The lowest BCUT2D eigenvalue weighted by molar-refractivity contribution is 0.0601. The molecule has 2 aromatic carbocycles. The first-order chi connectivity index (χ1) is 13.9. The van der Waals surface area contributed by atoms with Crippen LogP contribution in [0.3, 0.4) is 0 Å². The Morgan fingerprint density at radius 1 is 0.690 bits per heavy atom. The summed E-state index contributed by atoms with van der Waals surface area (Å²) in [5, 5.41) is 2.68. The second kappa shape index (κ2) is 9.54. The Hall–Kier alpha value is -3.62. The molecule has 0 aliphatic heterocycles. The maximum Gasteiger partial charge on any atom is 0.340 e. The van der Waals surface area contributed by atoms with Crippen molar-refractivity contribution in [2.45, 2.75) is 0 Å². The lowest BCUT2D eigenvalue weighted by Crippen LogP contribution is -2.17. The van der Waals surface area contributed by atoms with E-state index in [1.54, 1.807) is 6.07 Å². The van der Waals surface area contributed by atoms with Gasteiger partial charge in [0.15, 0.2) is 23.0 Å². The van der Waals surface area contributed by atoms with Crippen LogP contribution in [0.2, 0.25) is 0 Å². The van der Waals surface area contributed by atoms with Crippen molar-refractivity contribution in [1.82, 2.24) is 0 Å². The lowest BCUT2D eigenvalue weighted by Gasteiger charge is -2.17. The number of anilines is 1. The first-order valence-electron chi connectivity index (χ1n) is 8.40. The monoisotopic (exact) mass is 405 g/mol. The van der Waals surface area contributed by atoms with Gasteiger partial charge in [-0.05, 0) is 12.1 Å². The van der Waals surface area contributed by atoms with Crippen LogP contribution >= 0.6 is 0 Å². The second-order valence-corrected chi connectivity index (χ2v) is 5.58. The largest absolute Gasteiger partial charge is 0.493 e. The van der Waals surface area contributed by atoms with Crippen LogP contribution in [0.5, 0.6) is 28.7 Å². The fourth-order valence-corrected chi connectivity index (χ4v) is 2.73. The quantitative estimate of drug-likeness (QED) is 0.669. The minimum absolute atomic E-state index is 0.0953. The van der Waals surface area contributed by atoms with Crippen LogP contribution in [-0.4, -0.2) is 54.5 Å². The second-order valence-electron chi connectivity index (χ2n) is 5.58. The minimum atomic E-state index is -0.652. The number of hydrogen-bond donors (Lipinski definition) is 1. The van der Waals surface area contributed by atoms with Crippen LogP contribution < -0.4 is 29.0 Å².